The molecule has 6 rings (SSSR count). The second-order valence-electron chi connectivity index (χ2n) is 7.61. The van der Waals surface area contributed by atoms with Crippen molar-refractivity contribution in [2.75, 3.05) is 0 Å². The van der Waals surface area contributed by atoms with Gasteiger partial charge in [-0.1, -0.05) is 50.2 Å². The van der Waals surface area contributed by atoms with E-state index in [0.29, 0.717) is 0 Å². The summed E-state index contributed by atoms with van der Waals surface area (Å²) in [6.45, 7) is 4.69. The van der Waals surface area contributed by atoms with Crippen LogP contribution in [0.5, 0.6) is 0 Å². The number of rotatable bonds is 0. The first kappa shape index (κ1) is 13.3. The van der Waals surface area contributed by atoms with Crippen molar-refractivity contribution in [3.05, 3.63) is 78.0 Å². The third-order valence-electron chi connectivity index (χ3n) is 5.96. The van der Waals surface area contributed by atoms with Crippen molar-refractivity contribution in [2.24, 2.45) is 0 Å². The number of fused-ring (bicyclic) bond motifs is 6. The summed E-state index contributed by atoms with van der Waals surface area (Å²) in [7, 11) is 0. The molecule has 0 atom stereocenters. The van der Waals surface area contributed by atoms with Crippen molar-refractivity contribution in [3.63, 3.8) is 0 Å². The summed E-state index contributed by atoms with van der Waals surface area (Å²) < 4.78 is 2.36. The maximum Gasteiger partial charge on any atom is 0.0590 e. The van der Waals surface area contributed by atoms with E-state index in [1.807, 2.05) is 0 Å². The number of hydrogen-bond acceptors (Lipinski definition) is 0. The van der Waals surface area contributed by atoms with Gasteiger partial charge in [-0.05, 0) is 35.4 Å². The van der Waals surface area contributed by atoms with Crippen molar-refractivity contribution in [3.8, 4) is 5.69 Å². The summed E-state index contributed by atoms with van der Waals surface area (Å²) in [5.41, 5.74) is 7.86. The maximum absolute atomic E-state index is 3.65. The van der Waals surface area contributed by atoms with Crippen molar-refractivity contribution in [1.82, 2.24) is 9.55 Å². The number of aromatic amines is 1. The molecule has 0 saturated heterocycles. The minimum Gasteiger partial charge on any atom is -0.354 e. The Bertz CT molecular complexity index is 1310. The highest BCUT2D eigenvalue weighted by molar-refractivity contribution is 6.18. The van der Waals surface area contributed by atoms with Crippen LogP contribution in [-0.2, 0) is 5.41 Å². The average Bonchev–Trinajstić information content (AvgIpc) is 3.22. The fraction of sp³-hybridized carbons (Fsp3) is 0.130. The summed E-state index contributed by atoms with van der Waals surface area (Å²) >= 11 is 0. The largest absolute Gasteiger partial charge is 0.354 e. The van der Waals surface area contributed by atoms with E-state index in [-0.39, 0.29) is 5.41 Å². The molecule has 0 spiro atoms. The van der Waals surface area contributed by atoms with Crippen LogP contribution < -0.4 is 0 Å². The van der Waals surface area contributed by atoms with E-state index < -0.39 is 0 Å². The first-order valence-electron chi connectivity index (χ1n) is 8.81. The van der Waals surface area contributed by atoms with E-state index in [4.69, 9.17) is 0 Å². The Hall–Kier alpha value is -3.00. The van der Waals surface area contributed by atoms with Crippen molar-refractivity contribution < 1.29 is 0 Å². The lowest BCUT2D eigenvalue weighted by Gasteiger charge is -2.34. The molecule has 25 heavy (non-hydrogen) atoms. The second kappa shape index (κ2) is 4.15. The minimum atomic E-state index is -0.0181. The van der Waals surface area contributed by atoms with Gasteiger partial charge < -0.3 is 9.55 Å². The zero-order valence-corrected chi connectivity index (χ0v) is 14.3. The average molecular weight is 322 g/mol. The van der Waals surface area contributed by atoms with Crippen molar-refractivity contribution in [1.29, 1.82) is 0 Å². The van der Waals surface area contributed by atoms with E-state index in [2.05, 4.69) is 90.3 Å². The molecule has 0 fully saturated rings. The molecule has 0 aliphatic carbocycles. The number of para-hydroxylation sites is 2. The molecule has 0 bridgehead atoms. The fourth-order valence-electron chi connectivity index (χ4n) is 4.68. The molecule has 0 saturated carbocycles. The standard InChI is InChI=1S/C23H18N2/c1-23(2)17-8-4-6-10-20(17)25-12-11-15-21-16(13-18(23)22(15)25)14-7-3-5-9-19(14)24-21/h3-13,24H,1-2H3. The highest BCUT2D eigenvalue weighted by atomic mass is 15.0. The topological polar surface area (TPSA) is 20.7 Å². The normalized spacial score (nSPS) is 15.1. The summed E-state index contributed by atoms with van der Waals surface area (Å²) in [6, 6.07) is 22.0. The summed E-state index contributed by atoms with van der Waals surface area (Å²) in [4.78, 5) is 3.65. The zero-order chi connectivity index (χ0) is 16.8. The van der Waals surface area contributed by atoms with Gasteiger partial charge in [0.05, 0.1) is 11.0 Å². The van der Waals surface area contributed by atoms with Gasteiger partial charge in [-0.2, -0.15) is 0 Å². The van der Waals surface area contributed by atoms with Crippen molar-refractivity contribution >= 4 is 32.7 Å². The molecule has 5 aromatic rings. The van der Waals surface area contributed by atoms with Crippen LogP contribution in [0.3, 0.4) is 0 Å². The van der Waals surface area contributed by atoms with Crippen LogP contribution >= 0.6 is 0 Å². The van der Waals surface area contributed by atoms with E-state index in [0.717, 1.165) is 0 Å². The van der Waals surface area contributed by atoms with Gasteiger partial charge >= 0.3 is 0 Å². The van der Waals surface area contributed by atoms with Crippen LogP contribution in [0.1, 0.15) is 25.0 Å². The van der Waals surface area contributed by atoms with Gasteiger partial charge in [-0.3, -0.25) is 0 Å². The Morgan fingerprint density at radius 2 is 1.60 bits per heavy atom. The van der Waals surface area contributed by atoms with Gasteiger partial charge in [0, 0.05) is 39.0 Å². The number of H-pyrrole nitrogens is 1. The third kappa shape index (κ3) is 1.46. The molecule has 3 aromatic carbocycles. The SMILES string of the molecule is CC1(C)c2ccccc2-n2ccc3c4[nH]c5ccccc5c4cc1c32. The van der Waals surface area contributed by atoms with Crippen LogP contribution in [0.4, 0.5) is 0 Å². The lowest BCUT2D eigenvalue weighted by atomic mass is 9.74. The second-order valence-corrected chi connectivity index (χ2v) is 7.61. The van der Waals surface area contributed by atoms with Gasteiger partial charge in [-0.15, -0.1) is 0 Å². The first-order valence-corrected chi connectivity index (χ1v) is 8.81. The molecular formula is C23H18N2. The van der Waals surface area contributed by atoms with Gasteiger partial charge in [-0.25, -0.2) is 0 Å². The van der Waals surface area contributed by atoms with E-state index in [1.165, 1.54) is 49.5 Å². The Morgan fingerprint density at radius 3 is 2.52 bits per heavy atom. The number of aromatic nitrogens is 2. The summed E-state index contributed by atoms with van der Waals surface area (Å²) in [5.74, 6) is 0. The fourth-order valence-corrected chi connectivity index (χ4v) is 4.68. The number of hydrogen-bond donors (Lipinski definition) is 1. The van der Waals surface area contributed by atoms with E-state index >= 15 is 0 Å². The zero-order valence-electron chi connectivity index (χ0n) is 14.3. The van der Waals surface area contributed by atoms with Gasteiger partial charge in [0.15, 0.2) is 0 Å². The lowest BCUT2D eigenvalue weighted by Crippen LogP contribution is -2.26. The molecule has 0 amide bonds. The highest BCUT2D eigenvalue weighted by Gasteiger charge is 2.34. The number of nitrogens with zero attached hydrogens (tertiary/aromatic N) is 1. The maximum atomic E-state index is 3.65. The predicted octanol–water partition coefficient (Wildman–Crippen LogP) is 5.90. The Kier molecular flexibility index (Phi) is 2.21. The van der Waals surface area contributed by atoms with Crippen LogP contribution in [0.25, 0.3) is 38.4 Å². The molecule has 1 aliphatic rings. The molecule has 1 N–H and O–H groups in total. The smallest absolute Gasteiger partial charge is 0.0590 e. The number of benzene rings is 3. The minimum absolute atomic E-state index is 0.0181. The summed E-state index contributed by atoms with van der Waals surface area (Å²) in [6.07, 6.45) is 2.22. The lowest BCUT2D eigenvalue weighted by molar-refractivity contribution is 0.629. The molecular weight excluding hydrogens is 304 g/mol. The monoisotopic (exact) mass is 322 g/mol. The third-order valence-corrected chi connectivity index (χ3v) is 5.96. The molecule has 2 aromatic heterocycles. The van der Waals surface area contributed by atoms with Crippen LogP contribution in [0, 0.1) is 0 Å². The van der Waals surface area contributed by atoms with E-state index in [9.17, 15) is 0 Å². The Morgan fingerprint density at radius 1 is 0.800 bits per heavy atom. The summed E-state index contributed by atoms with van der Waals surface area (Å²) in [5, 5.41) is 3.94. The van der Waals surface area contributed by atoms with Crippen LogP contribution in [0.15, 0.2) is 66.9 Å². The molecule has 1 aliphatic heterocycles. The Labute approximate surface area is 145 Å². The molecule has 0 unspecified atom stereocenters. The van der Waals surface area contributed by atoms with Gasteiger partial charge in [0.2, 0.25) is 0 Å². The quantitative estimate of drug-likeness (QED) is 0.366. The van der Waals surface area contributed by atoms with E-state index in [1.54, 1.807) is 0 Å². The number of nitrogens with one attached hydrogen (secondary N) is 1. The highest BCUT2D eigenvalue weighted by Crippen LogP contribution is 2.47. The Balaban J connectivity index is 1.90. The van der Waals surface area contributed by atoms with Gasteiger partial charge in [0.1, 0.15) is 0 Å². The molecule has 0 radical (unpaired) electrons. The predicted molar refractivity (Wildman–Crippen MR) is 105 cm³/mol. The van der Waals surface area contributed by atoms with Gasteiger partial charge in [0.25, 0.3) is 0 Å². The van der Waals surface area contributed by atoms with Crippen LogP contribution in [-0.4, -0.2) is 9.55 Å². The molecule has 2 nitrogen and oxygen atoms in total. The first-order chi connectivity index (χ1) is 12.2. The molecule has 120 valence electrons. The molecule has 2 heteroatoms. The molecule has 3 heterocycles. The van der Waals surface area contributed by atoms with Crippen LogP contribution in [0.2, 0.25) is 0 Å². The van der Waals surface area contributed by atoms with Crippen molar-refractivity contribution in [2.45, 2.75) is 19.3 Å².